The quantitative estimate of drug-likeness (QED) is 0.419. The molecule has 3 aromatic rings. The molecule has 1 N–H and O–H groups in total. The molecule has 0 bridgehead atoms. The van der Waals surface area contributed by atoms with Gasteiger partial charge in [-0.25, -0.2) is 8.42 Å². The molecule has 3 rings (SSSR count). The Balaban J connectivity index is 1.77. The van der Waals surface area contributed by atoms with Crippen molar-refractivity contribution in [2.75, 3.05) is 38.2 Å². The van der Waals surface area contributed by atoms with E-state index in [0.717, 1.165) is 9.87 Å². The second-order valence-electron chi connectivity index (χ2n) is 7.35. The van der Waals surface area contributed by atoms with Crippen LogP contribution in [0.4, 0.5) is 5.69 Å². The molecule has 0 fully saturated rings. The minimum absolute atomic E-state index is 0.0749. The second kappa shape index (κ2) is 11.4. The highest BCUT2D eigenvalue weighted by atomic mass is 32.2. The van der Waals surface area contributed by atoms with Crippen molar-refractivity contribution in [2.24, 2.45) is 0 Å². The van der Waals surface area contributed by atoms with Crippen LogP contribution < -0.4 is 23.8 Å². The van der Waals surface area contributed by atoms with Crippen molar-refractivity contribution in [2.45, 2.75) is 11.8 Å². The van der Waals surface area contributed by atoms with Gasteiger partial charge >= 0.3 is 0 Å². The van der Waals surface area contributed by atoms with Crippen LogP contribution in [0.5, 0.6) is 17.2 Å². The molecule has 0 saturated carbocycles. The minimum atomic E-state index is -4.04. The minimum Gasteiger partial charge on any atom is -0.495 e. The fourth-order valence-electron chi connectivity index (χ4n) is 3.29. The van der Waals surface area contributed by atoms with Crippen LogP contribution in [0.3, 0.4) is 0 Å². The van der Waals surface area contributed by atoms with Crippen LogP contribution in [0.15, 0.2) is 77.7 Å². The Labute approximate surface area is 200 Å². The molecule has 0 atom stereocenters. The van der Waals surface area contributed by atoms with E-state index in [1.54, 1.807) is 49.6 Å². The second-order valence-corrected chi connectivity index (χ2v) is 9.21. The number of sulfonamides is 1. The summed E-state index contributed by atoms with van der Waals surface area (Å²) in [5, 5.41) is 2.71. The van der Waals surface area contributed by atoms with Crippen molar-refractivity contribution in [3.05, 3.63) is 78.4 Å². The summed E-state index contributed by atoms with van der Waals surface area (Å²) in [5.74, 6) is 1.00. The molecule has 0 spiro atoms. The van der Waals surface area contributed by atoms with Crippen molar-refractivity contribution < 1.29 is 27.4 Å². The van der Waals surface area contributed by atoms with Crippen molar-refractivity contribution in [1.82, 2.24) is 5.32 Å². The number of para-hydroxylation sites is 2. The van der Waals surface area contributed by atoms with Gasteiger partial charge in [0.1, 0.15) is 18.9 Å². The molecular weight excluding hydrogens is 456 g/mol. The molecule has 0 radical (unpaired) electrons. The molecule has 3 aromatic carbocycles. The first-order valence-corrected chi connectivity index (χ1v) is 12.1. The predicted octanol–water partition coefficient (Wildman–Crippen LogP) is 3.40. The first-order chi connectivity index (χ1) is 16.4. The van der Waals surface area contributed by atoms with E-state index < -0.39 is 22.5 Å². The van der Waals surface area contributed by atoms with Crippen molar-refractivity contribution in [1.29, 1.82) is 0 Å². The molecule has 180 valence electrons. The van der Waals surface area contributed by atoms with Gasteiger partial charge in [-0.15, -0.1) is 0 Å². The fraction of sp³-hybridized carbons (Fsp3) is 0.240. The zero-order valence-corrected chi connectivity index (χ0v) is 20.2. The number of benzene rings is 3. The average Bonchev–Trinajstić information content (AvgIpc) is 2.85. The van der Waals surface area contributed by atoms with E-state index in [2.05, 4.69) is 5.32 Å². The zero-order valence-electron chi connectivity index (χ0n) is 19.4. The Bertz CT molecular complexity index is 1220. The molecule has 0 unspecified atom stereocenters. The molecule has 8 nitrogen and oxygen atoms in total. The van der Waals surface area contributed by atoms with Crippen molar-refractivity contribution >= 4 is 21.6 Å². The summed E-state index contributed by atoms with van der Waals surface area (Å²) in [5.41, 5.74) is 1.11. The lowest BCUT2D eigenvalue weighted by molar-refractivity contribution is -0.119. The number of hydrogen-bond donors (Lipinski definition) is 1. The maximum atomic E-state index is 13.5. The molecule has 1 amide bonds. The summed E-state index contributed by atoms with van der Waals surface area (Å²) in [4.78, 5) is 12.9. The van der Waals surface area contributed by atoms with E-state index in [0.29, 0.717) is 17.2 Å². The van der Waals surface area contributed by atoms with E-state index in [9.17, 15) is 13.2 Å². The van der Waals surface area contributed by atoms with Crippen LogP contribution in [0, 0.1) is 6.92 Å². The number of ether oxygens (including phenoxy) is 3. The SMILES string of the molecule is COc1ccccc1OCCNC(=O)CN(c1cc(C)ccc1OC)S(=O)(=O)c1ccccc1. The molecule has 0 aliphatic carbocycles. The first kappa shape index (κ1) is 24.9. The maximum Gasteiger partial charge on any atom is 0.264 e. The Hall–Kier alpha value is -3.72. The third-order valence-corrected chi connectivity index (χ3v) is 6.75. The number of rotatable bonds is 11. The van der Waals surface area contributed by atoms with Gasteiger partial charge in [0.05, 0.1) is 31.3 Å². The van der Waals surface area contributed by atoms with E-state index in [-0.39, 0.29) is 23.7 Å². The van der Waals surface area contributed by atoms with Gasteiger partial charge < -0.3 is 19.5 Å². The maximum absolute atomic E-state index is 13.5. The highest BCUT2D eigenvalue weighted by Crippen LogP contribution is 2.33. The summed E-state index contributed by atoms with van der Waals surface area (Å²) >= 11 is 0. The van der Waals surface area contributed by atoms with Crippen LogP contribution in [0.25, 0.3) is 0 Å². The zero-order chi connectivity index (χ0) is 24.6. The van der Waals surface area contributed by atoms with Crippen LogP contribution in [-0.2, 0) is 14.8 Å². The Kier molecular flexibility index (Phi) is 8.37. The number of aryl methyl sites for hydroxylation is 1. The lowest BCUT2D eigenvalue weighted by Crippen LogP contribution is -2.42. The van der Waals surface area contributed by atoms with Gasteiger partial charge in [0.2, 0.25) is 5.91 Å². The van der Waals surface area contributed by atoms with Gasteiger partial charge in [-0.3, -0.25) is 9.10 Å². The summed E-state index contributed by atoms with van der Waals surface area (Å²) < 4.78 is 44.3. The van der Waals surface area contributed by atoms with Crippen molar-refractivity contribution in [3.8, 4) is 17.2 Å². The van der Waals surface area contributed by atoms with Gasteiger partial charge in [0.15, 0.2) is 11.5 Å². The number of methoxy groups -OCH3 is 2. The molecular formula is C25H28N2O6S. The Morgan fingerprint density at radius 3 is 2.21 bits per heavy atom. The summed E-state index contributed by atoms with van der Waals surface area (Å²) in [6.45, 7) is 1.78. The van der Waals surface area contributed by atoms with E-state index >= 15 is 0 Å². The molecule has 34 heavy (non-hydrogen) atoms. The number of carbonyl (C=O) groups excluding carboxylic acids is 1. The number of hydrogen-bond acceptors (Lipinski definition) is 6. The highest BCUT2D eigenvalue weighted by Gasteiger charge is 2.29. The number of amides is 1. The monoisotopic (exact) mass is 484 g/mol. The smallest absolute Gasteiger partial charge is 0.264 e. The molecule has 0 aliphatic rings. The van der Waals surface area contributed by atoms with Crippen LogP contribution in [0.1, 0.15) is 5.56 Å². The number of carbonyl (C=O) groups is 1. The van der Waals surface area contributed by atoms with Gasteiger partial charge in [0, 0.05) is 0 Å². The van der Waals surface area contributed by atoms with Crippen LogP contribution in [-0.4, -0.2) is 48.2 Å². The number of anilines is 1. The number of nitrogens with zero attached hydrogens (tertiary/aromatic N) is 1. The molecule has 9 heteroatoms. The van der Waals surface area contributed by atoms with Crippen molar-refractivity contribution in [3.63, 3.8) is 0 Å². The lowest BCUT2D eigenvalue weighted by atomic mass is 10.2. The van der Waals surface area contributed by atoms with Crippen LogP contribution in [0.2, 0.25) is 0 Å². The molecule has 0 aromatic heterocycles. The predicted molar refractivity (Wildman–Crippen MR) is 130 cm³/mol. The Morgan fingerprint density at radius 2 is 1.53 bits per heavy atom. The third kappa shape index (κ3) is 5.99. The lowest BCUT2D eigenvalue weighted by Gasteiger charge is -2.26. The molecule has 0 saturated heterocycles. The third-order valence-electron chi connectivity index (χ3n) is 4.97. The van der Waals surface area contributed by atoms with E-state index in [4.69, 9.17) is 14.2 Å². The normalized spacial score (nSPS) is 10.9. The number of nitrogens with one attached hydrogen (secondary N) is 1. The standard InChI is InChI=1S/C25H28N2O6S/c1-19-13-14-22(31-2)21(17-19)27(34(29,30)20-9-5-4-6-10-20)18-25(28)26-15-16-33-24-12-8-7-11-23(24)32-3/h4-14,17H,15-16,18H2,1-3H3,(H,26,28). The van der Waals surface area contributed by atoms with E-state index in [1.165, 1.54) is 19.2 Å². The summed E-state index contributed by atoms with van der Waals surface area (Å²) in [6.07, 6.45) is 0. The fourth-order valence-corrected chi connectivity index (χ4v) is 4.73. The van der Waals surface area contributed by atoms with Gasteiger partial charge in [0.25, 0.3) is 10.0 Å². The first-order valence-electron chi connectivity index (χ1n) is 10.6. The topological polar surface area (TPSA) is 94.2 Å². The molecule has 0 aliphatic heterocycles. The highest BCUT2D eigenvalue weighted by molar-refractivity contribution is 7.92. The van der Waals surface area contributed by atoms with Crippen LogP contribution >= 0.6 is 0 Å². The van der Waals surface area contributed by atoms with Gasteiger partial charge in [-0.2, -0.15) is 0 Å². The van der Waals surface area contributed by atoms with Gasteiger partial charge in [-0.1, -0.05) is 36.4 Å². The molecule has 0 heterocycles. The largest absolute Gasteiger partial charge is 0.495 e. The summed E-state index contributed by atoms with van der Waals surface area (Å²) in [7, 11) is -1.03. The Morgan fingerprint density at radius 1 is 0.882 bits per heavy atom. The van der Waals surface area contributed by atoms with E-state index in [1.807, 2.05) is 25.1 Å². The summed E-state index contributed by atoms with van der Waals surface area (Å²) in [6, 6.07) is 20.3. The average molecular weight is 485 g/mol. The van der Waals surface area contributed by atoms with Gasteiger partial charge in [-0.05, 0) is 48.9 Å².